The first-order chi connectivity index (χ1) is 3.66. The van der Waals surface area contributed by atoms with Crippen LogP contribution in [-0.4, -0.2) is 11.3 Å². The molecule has 8 heavy (non-hydrogen) atoms. The van der Waals surface area contributed by atoms with Gasteiger partial charge in [0.05, 0.1) is 0 Å². The molecule has 0 bridgehead atoms. The molecule has 0 aromatic heterocycles. The van der Waals surface area contributed by atoms with E-state index in [-0.39, 0.29) is 5.54 Å². The zero-order valence-electron chi connectivity index (χ0n) is 5.11. The summed E-state index contributed by atoms with van der Waals surface area (Å²) in [6, 6.07) is 0. The molecule has 1 aliphatic carbocycles. The summed E-state index contributed by atoms with van der Waals surface area (Å²) in [7, 11) is 0. The molecule has 0 heterocycles. The average molecular weight is 113 g/mol. The van der Waals surface area contributed by atoms with Crippen LogP contribution in [0.3, 0.4) is 0 Å². The van der Waals surface area contributed by atoms with Crippen LogP contribution in [-0.2, 0) is 4.79 Å². The van der Waals surface area contributed by atoms with Gasteiger partial charge < -0.3 is 5.73 Å². The van der Waals surface area contributed by atoms with Crippen LogP contribution in [0.15, 0.2) is 0 Å². The minimum Gasteiger partial charge on any atom is -0.324 e. The van der Waals surface area contributed by atoms with Gasteiger partial charge in [0, 0.05) is 18.4 Å². The number of Topliss-reactive ketones (excluding diaryl/α,β-unsaturated/α-hetero) is 1. The van der Waals surface area contributed by atoms with Crippen molar-refractivity contribution in [2.75, 3.05) is 0 Å². The maximum absolute atomic E-state index is 10.4. The molecular weight excluding hydrogens is 102 g/mol. The van der Waals surface area contributed by atoms with Gasteiger partial charge in [-0.25, -0.2) is 0 Å². The van der Waals surface area contributed by atoms with Crippen molar-refractivity contribution in [3.8, 4) is 0 Å². The topological polar surface area (TPSA) is 43.1 Å². The Bertz CT molecular complexity index is 112. The molecule has 1 aliphatic rings. The fraction of sp³-hybridized carbons (Fsp3) is 0.833. The van der Waals surface area contributed by atoms with Crippen molar-refractivity contribution in [2.45, 2.75) is 31.7 Å². The number of rotatable bonds is 1. The number of carbonyl (C=O) groups excluding carboxylic acids is 1. The Labute approximate surface area is 49.1 Å². The second-order valence-corrected chi connectivity index (χ2v) is 2.61. The summed E-state index contributed by atoms with van der Waals surface area (Å²) < 4.78 is 0. The van der Waals surface area contributed by atoms with Crippen LogP contribution in [0.5, 0.6) is 0 Å². The van der Waals surface area contributed by atoms with Crippen LogP contribution in [0.1, 0.15) is 26.2 Å². The minimum atomic E-state index is -0.114. The van der Waals surface area contributed by atoms with Gasteiger partial charge in [0.25, 0.3) is 0 Å². The van der Waals surface area contributed by atoms with E-state index in [0.29, 0.717) is 18.6 Å². The Kier molecular flexibility index (Phi) is 1.12. The van der Waals surface area contributed by atoms with Gasteiger partial charge in [-0.05, 0) is 6.42 Å². The van der Waals surface area contributed by atoms with Gasteiger partial charge in [-0.2, -0.15) is 0 Å². The van der Waals surface area contributed by atoms with Crippen molar-refractivity contribution in [3.63, 3.8) is 0 Å². The van der Waals surface area contributed by atoms with Crippen molar-refractivity contribution in [3.05, 3.63) is 0 Å². The highest BCUT2D eigenvalue weighted by Gasteiger charge is 2.37. The molecule has 2 N–H and O–H groups in total. The van der Waals surface area contributed by atoms with Gasteiger partial charge >= 0.3 is 0 Å². The molecule has 2 heteroatoms. The molecule has 0 amide bonds. The summed E-state index contributed by atoms with van der Waals surface area (Å²) in [5, 5.41) is 0. The summed E-state index contributed by atoms with van der Waals surface area (Å²) in [6.45, 7) is 2.02. The SMILES string of the molecule is CCC1(N)CC(=O)C1. The first kappa shape index (κ1) is 5.76. The molecule has 0 unspecified atom stereocenters. The molecule has 0 radical (unpaired) electrons. The lowest BCUT2D eigenvalue weighted by atomic mass is 9.75. The van der Waals surface area contributed by atoms with E-state index in [4.69, 9.17) is 5.73 Å². The average Bonchev–Trinajstić information content (AvgIpc) is 1.63. The van der Waals surface area contributed by atoms with Crippen molar-refractivity contribution in [1.82, 2.24) is 0 Å². The number of ketones is 1. The van der Waals surface area contributed by atoms with Crippen molar-refractivity contribution in [1.29, 1.82) is 0 Å². The maximum Gasteiger partial charge on any atom is 0.136 e. The molecule has 0 aromatic rings. The summed E-state index contributed by atoms with van der Waals surface area (Å²) in [5.74, 6) is 0.314. The van der Waals surface area contributed by atoms with Crippen LogP contribution < -0.4 is 5.73 Å². The lowest BCUT2D eigenvalue weighted by Gasteiger charge is -2.35. The van der Waals surface area contributed by atoms with E-state index >= 15 is 0 Å². The highest BCUT2D eigenvalue weighted by molar-refractivity contribution is 5.87. The monoisotopic (exact) mass is 113 g/mol. The van der Waals surface area contributed by atoms with E-state index in [1.807, 2.05) is 6.92 Å². The van der Waals surface area contributed by atoms with E-state index in [9.17, 15) is 4.79 Å². The third kappa shape index (κ3) is 0.757. The molecule has 0 aliphatic heterocycles. The lowest BCUT2D eigenvalue weighted by molar-refractivity contribution is -0.128. The number of carbonyl (C=O) groups is 1. The summed E-state index contributed by atoms with van der Waals surface area (Å²) >= 11 is 0. The quantitative estimate of drug-likeness (QED) is 0.536. The second kappa shape index (κ2) is 1.55. The first-order valence-corrected chi connectivity index (χ1v) is 2.97. The largest absolute Gasteiger partial charge is 0.324 e. The number of hydrogen-bond donors (Lipinski definition) is 1. The van der Waals surface area contributed by atoms with Crippen LogP contribution in [0.2, 0.25) is 0 Å². The van der Waals surface area contributed by atoms with E-state index in [0.717, 1.165) is 6.42 Å². The van der Waals surface area contributed by atoms with Gasteiger partial charge in [0.15, 0.2) is 0 Å². The van der Waals surface area contributed by atoms with Crippen LogP contribution in [0, 0.1) is 0 Å². The maximum atomic E-state index is 10.4. The highest BCUT2D eigenvalue weighted by Crippen LogP contribution is 2.27. The Hall–Kier alpha value is -0.370. The molecule has 0 aromatic carbocycles. The van der Waals surface area contributed by atoms with Gasteiger partial charge in [-0.1, -0.05) is 6.92 Å². The molecule has 1 saturated carbocycles. The minimum absolute atomic E-state index is 0.114. The molecule has 0 atom stereocenters. The molecule has 46 valence electrons. The van der Waals surface area contributed by atoms with Crippen molar-refractivity contribution in [2.24, 2.45) is 5.73 Å². The Morgan fingerprint density at radius 1 is 1.75 bits per heavy atom. The molecule has 2 nitrogen and oxygen atoms in total. The lowest BCUT2D eigenvalue weighted by Crippen LogP contribution is -2.51. The molecule has 1 rings (SSSR count). The summed E-state index contributed by atoms with van der Waals surface area (Å²) in [5.41, 5.74) is 5.56. The standard InChI is InChI=1S/C6H11NO/c1-2-6(7)3-5(8)4-6/h2-4,7H2,1H3. The van der Waals surface area contributed by atoms with E-state index in [1.165, 1.54) is 0 Å². The predicted octanol–water partition coefficient (Wildman–Crippen LogP) is 0.457. The first-order valence-electron chi connectivity index (χ1n) is 2.97. The Morgan fingerprint density at radius 2 is 2.25 bits per heavy atom. The van der Waals surface area contributed by atoms with Crippen LogP contribution >= 0.6 is 0 Å². The normalized spacial score (nSPS) is 25.0. The summed E-state index contributed by atoms with van der Waals surface area (Å²) in [6.07, 6.45) is 2.13. The Balaban J connectivity index is 2.40. The van der Waals surface area contributed by atoms with Crippen LogP contribution in [0.25, 0.3) is 0 Å². The zero-order chi connectivity index (χ0) is 6.20. The van der Waals surface area contributed by atoms with Crippen molar-refractivity contribution < 1.29 is 4.79 Å². The molecule has 0 spiro atoms. The van der Waals surface area contributed by atoms with E-state index in [1.54, 1.807) is 0 Å². The fourth-order valence-electron chi connectivity index (χ4n) is 0.984. The fourth-order valence-corrected chi connectivity index (χ4v) is 0.984. The van der Waals surface area contributed by atoms with Gasteiger partial charge in [-0.3, -0.25) is 4.79 Å². The zero-order valence-corrected chi connectivity index (χ0v) is 5.11. The van der Waals surface area contributed by atoms with Crippen LogP contribution in [0.4, 0.5) is 0 Å². The second-order valence-electron chi connectivity index (χ2n) is 2.61. The van der Waals surface area contributed by atoms with Gasteiger partial charge in [-0.15, -0.1) is 0 Å². The molecular formula is C6H11NO. The third-order valence-corrected chi connectivity index (χ3v) is 1.80. The van der Waals surface area contributed by atoms with E-state index in [2.05, 4.69) is 0 Å². The van der Waals surface area contributed by atoms with Crippen molar-refractivity contribution >= 4 is 5.78 Å². The highest BCUT2D eigenvalue weighted by atomic mass is 16.1. The predicted molar refractivity (Wildman–Crippen MR) is 31.5 cm³/mol. The van der Waals surface area contributed by atoms with Gasteiger partial charge in [0.2, 0.25) is 0 Å². The summed E-state index contributed by atoms with van der Waals surface area (Å²) in [4.78, 5) is 10.4. The van der Waals surface area contributed by atoms with E-state index < -0.39 is 0 Å². The smallest absolute Gasteiger partial charge is 0.136 e. The Morgan fingerprint density at radius 3 is 2.38 bits per heavy atom. The molecule has 1 fully saturated rings. The number of hydrogen-bond acceptors (Lipinski definition) is 2. The third-order valence-electron chi connectivity index (χ3n) is 1.80. The van der Waals surface area contributed by atoms with Gasteiger partial charge in [0.1, 0.15) is 5.78 Å². The molecule has 0 saturated heterocycles. The number of nitrogens with two attached hydrogens (primary N) is 1.